The van der Waals surface area contributed by atoms with Gasteiger partial charge in [-0.05, 0) is 65.4 Å². The Labute approximate surface area is 181 Å². The SMILES string of the molecule is O=C(Oc1cccc(/C=C2\SC(=O)N(Cc3ccc(Cl)cc3)C2=O)c1)c1ccco1. The third kappa shape index (κ3) is 4.48. The van der Waals surface area contributed by atoms with Crippen LogP contribution in [0, 0.1) is 0 Å². The van der Waals surface area contributed by atoms with Gasteiger partial charge in [0.25, 0.3) is 11.1 Å². The van der Waals surface area contributed by atoms with Crippen molar-refractivity contribution < 1.29 is 23.5 Å². The minimum atomic E-state index is -0.625. The van der Waals surface area contributed by atoms with Gasteiger partial charge in [-0.25, -0.2) is 4.79 Å². The third-order valence-electron chi connectivity index (χ3n) is 4.22. The molecule has 4 rings (SSSR count). The van der Waals surface area contributed by atoms with Crippen LogP contribution in [-0.4, -0.2) is 22.0 Å². The summed E-state index contributed by atoms with van der Waals surface area (Å²) in [5.41, 5.74) is 1.42. The van der Waals surface area contributed by atoms with E-state index in [9.17, 15) is 14.4 Å². The predicted octanol–water partition coefficient (Wildman–Crippen LogP) is 5.39. The van der Waals surface area contributed by atoms with Gasteiger partial charge in [0.05, 0.1) is 17.7 Å². The van der Waals surface area contributed by atoms with Crippen LogP contribution in [-0.2, 0) is 11.3 Å². The lowest BCUT2D eigenvalue weighted by Crippen LogP contribution is -2.27. The summed E-state index contributed by atoms with van der Waals surface area (Å²) >= 11 is 6.74. The normalized spacial score (nSPS) is 15.1. The lowest BCUT2D eigenvalue weighted by molar-refractivity contribution is -0.123. The van der Waals surface area contributed by atoms with Crippen molar-refractivity contribution in [1.29, 1.82) is 0 Å². The van der Waals surface area contributed by atoms with Gasteiger partial charge in [0, 0.05) is 5.02 Å². The second-order valence-corrected chi connectivity index (χ2v) is 7.76. The van der Waals surface area contributed by atoms with Crippen LogP contribution >= 0.6 is 23.4 Å². The van der Waals surface area contributed by atoms with Crippen molar-refractivity contribution in [3.05, 3.63) is 93.7 Å². The van der Waals surface area contributed by atoms with E-state index in [1.54, 1.807) is 60.7 Å². The highest BCUT2D eigenvalue weighted by atomic mass is 35.5. The molecule has 2 amide bonds. The molecule has 1 aromatic heterocycles. The summed E-state index contributed by atoms with van der Waals surface area (Å²) < 4.78 is 10.3. The Morgan fingerprint density at radius 1 is 1.10 bits per heavy atom. The Kier molecular flexibility index (Phi) is 5.74. The van der Waals surface area contributed by atoms with Crippen molar-refractivity contribution in [2.45, 2.75) is 6.54 Å². The second-order valence-electron chi connectivity index (χ2n) is 6.33. The van der Waals surface area contributed by atoms with Crippen LogP contribution in [0.4, 0.5) is 4.79 Å². The van der Waals surface area contributed by atoms with E-state index < -0.39 is 5.97 Å². The summed E-state index contributed by atoms with van der Waals surface area (Å²) in [6, 6.07) is 16.7. The summed E-state index contributed by atoms with van der Waals surface area (Å²) in [6.45, 7) is 0.167. The molecule has 1 aliphatic rings. The van der Waals surface area contributed by atoms with E-state index >= 15 is 0 Å². The van der Waals surface area contributed by atoms with Gasteiger partial charge in [0.15, 0.2) is 0 Å². The first-order valence-electron chi connectivity index (χ1n) is 8.85. The Bertz CT molecular complexity index is 1140. The fourth-order valence-corrected chi connectivity index (χ4v) is 3.74. The zero-order valence-electron chi connectivity index (χ0n) is 15.4. The van der Waals surface area contributed by atoms with Crippen LogP contribution in [0.3, 0.4) is 0 Å². The third-order valence-corrected chi connectivity index (χ3v) is 5.38. The molecule has 1 saturated heterocycles. The van der Waals surface area contributed by atoms with Gasteiger partial charge in [-0.3, -0.25) is 14.5 Å². The molecular formula is C22H14ClNO5S. The van der Waals surface area contributed by atoms with Gasteiger partial charge in [-0.2, -0.15) is 0 Å². The van der Waals surface area contributed by atoms with Gasteiger partial charge >= 0.3 is 5.97 Å². The van der Waals surface area contributed by atoms with E-state index in [0.717, 1.165) is 17.3 Å². The molecule has 2 aromatic carbocycles. The van der Waals surface area contributed by atoms with Gasteiger partial charge in [-0.15, -0.1) is 0 Å². The average Bonchev–Trinajstić information content (AvgIpc) is 3.35. The molecule has 150 valence electrons. The Morgan fingerprint density at radius 2 is 1.90 bits per heavy atom. The number of ether oxygens (including phenoxy) is 1. The van der Waals surface area contributed by atoms with Crippen molar-refractivity contribution >= 4 is 46.6 Å². The fourth-order valence-electron chi connectivity index (χ4n) is 2.78. The van der Waals surface area contributed by atoms with E-state index in [2.05, 4.69) is 0 Å². The molecule has 6 nitrogen and oxygen atoms in total. The second kappa shape index (κ2) is 8.61. The molecule has 0 atom stereocenters. The standard InChI is InChI=1S/C22H14ClNO5S/c23-16-8-6-14(7-9-16)13-24-20(25)19(30-22(24)27)12-15-3-1-4-17(11-15)29-21(26)18-5-2-10-28-18/h1-12H,13H2/b19-12-. The van der Waals surface area contributed by atoms with Crippen molar-refractivity contribution in [1.82, 2.24) is 4.90 Å². The molecule has 0 saturated carbocycles. The molecule has 1 fully saturated rings. The topological polar surface area (TPSA) is 76.8 Å². The Hall–Kier alpha value is -3.29. The monoisotopic (exact) mass is 439 g/mol. The first-order valence-corrected chi connectivity index (χ1v) is 10.0. The molecule has 0 radical (unpaired) electrons. The molecule has 2 heterocycles. The number of hydrogen-bond acceptors (Lipinski definition) is 6. The summed E-state index contributed by atoms with van der Waals surface area (Å²) in [6.07, 6.45) is 2.98. The van der Waals surface area contributed by atoms with Crippen molar-refractivity contribution in [3.63, 3.8) is 0 Å². The number of carbonyl (C=O) groups excluding carboxylic acids is 3. The van der Waals surface area contributed by atoms with Gasteiger partial charge in [-0.1, -0.05) is 35.9 Å². The van der Waals surface area contributed by atoms with E-state index in [1.807, 2.05) is 0 Å². The molecule has 0 unspecified atom stereocenters. The minimum absolute atomic E-state index is 0.0868. The van der Waals surface area contributed by atoms with Crippen molar-refractivity contribution in [2.24, 2.45) is 0 Å². The predicted molar refractivity (Wildman–Crippen MR) is 113 cm³/mol. The lowest BCUT2D eigenvalue weighted by atomic mass is 10.2. The van der Waals surface area contributed by atoms with E-state index in [-0.39, 0.29) is 23.5 Å². The smallest absolute Gasteiger partial charge is 0.379 e. The Balaban J connectivity index is 1.49. The van der Waals surface area contributed by atoms with Gasteiger partial charge in [0.2, 0.25) is 5.76 Å². The molecule has 0 spiro atoms. The van der Waals surface area contributed by atoms with Gasteiger partial charge < -0.3 is 9.15 Å². The zero-order chi connectivity index (χ0) is 21.1. The first kappa shape index (κ1) is 20.0. The minimum Gasteiger partial charge on any atom is -0.457 e. The molecule has 30 heavy (non-hydrogen) atoms. The van der Waals surface area contributed by atoms with E-state index in [0.29, 0.717) is 21.2 Å². The number of esters is 1. The maximum Gasteiger partial charge on any atom is 0.379 e. The summed E-state index contributed by atoms with van der Waals surface area (Å²) in [5, 5.41) is 0.238. The highest BCUT2D eigenvalue weighted by Crippen LogP contribution is 2.33. The largest absolute Gasteiger partial charge is 0.457 e. The summed E-state index contributed by atoms with van der Waals surface area (Å²) in [4.78, 5) is 38.5. The van der Waals surface area contributed by atoms with Crippen LogP contribution in [0.5, 0.6) is 5.75 Å². The number of rotatable bonds is 5. The molecule has 3 aromatic rings. The van der Waals surface area contributed by atoms with Crippen LogP contribution in [0.25, 0.3) is 6.08 Å². The van der Waals surface area contributed by atoms with Crippen molar-refractivity contribution in [3.8, 4) is 5.75 Å². The molecular weight excluding hydrogens is 426 g/mol. The number of nitrogens with zero attached hydrogens (tertiary/aromatic N) is 1. The molecule has 0 N–H and O–H groups in total. The molecule has 8 heteroatoms. The summed E-state index contributed by atoms with van der Waals surface area (Å²) in [5.74, 6) is -0.618. The lowest BCUT2D eigenvalue weighted by Gasteiger charge is -2.12. The summed E-state index contributed by atoms with van der Waals surface area (Å²) in [7, 11) is 0. The number of hydrogen-bond donors (Lipinski definition) is 0. The van der Waals surface area contributed by atoms with Crippen LogP contribution in [0.1, 0.15) is 21.7 Å². The number of thioether (sulfide) groups is 1. The van der Waals surface area contributed by atoms with E-state index in [1.165, 1.54) is 17.2 Å². The zero-order valence-corrected chi connectivity index (χ0v) is 17.0. The average molecular weight is 440 g/mol. The number of halogens is 1. The Morgan fingerprint density at radius 3 is 2.63 bits per heavy atom. The highest BCUT2D eigenvalue weighted by Gasteiger charge is 2.35. The molecule has 0 bridgehead atoms. The fraction of sp³-hybridized carbons (Fsp3) is 0.0455. The number of carbonyl (C=O) groups is 3. The van der Waals surface area contributed by atoms with Crippen LogP contribution in [0.15, 0.2) is 76.2 Å². The van der Waals surface area contributed by atoms with Crippen LogP contribution in [0.2, 0.25) is 5.02 Å². The van der Waals surface area contributed by atoms with Crippen molar-refractivity contribution in [2.75, 3.05) is 0 Å². The van der Waals surface area contributed by atoms with Gasteiger partial charge in [0.1, 0.15) is 5.75 Å². The number of imide groups is 1. The number of furan rings is 1. The van der Waals surface area contributed by atoms with E-state index in [4.69, 9.17) is 20.8 Å². The first-order chi connectivity index (χ1) is 14.5. The van der Waals surface area contributed by atoms with Crippen LogP contribution < -0.4 is 4.74 Å². The molecule has 1 aliphatic heterocycles. The maximum atomic E-state index is 12.7. The molecule has 0 aliphatic carbocycles. The number of benzene rings is 2. The maximum absolute atomic E-state index is 12.7. The number of amides is 2. The quantitative estimate of drug-likeness (QED) is 0.301. The highest BCUT2D eigenvalue weighted by molar-refractivity contribution is 8.18.